The first kappa shape index (κ1) is 27.9. The molecule has 2 atom stereocenters. The van der Waals surface area contributed by atoms with E-state index in [4.69, 9.17) is 26.7 Å². The second kappa shape index (κ2) is 10.7. The molecule has 39 heavy (non-hydrogen) atoms. The van der Waals surface area contributed by atoms with Crippen LogP contribution < -0.4 is 5.73 Å². The number of nitrogens with two attached hydrogens (primary N) is 1. The highest BCUT2D eigenvalue weighted by atomic mass is 35.5. The number of aromatic nitrogens is 1. The molecule has 0 radical (unpaired) electrons. The Hall–Kier alpha value is -2.69. The van der Waals surface area contributed by atoms with Gasteiger partial charge >= 0.3 is 0 Å². The zero-order valence-electron chi connectivity index (χ0n) is 22.4. The maximum absolute atomic E-state index is 12.7. The number of aryl methyl sites for hydroxylation is 1. The zero-order chi connectivity index (χ0) is 27.9. The Morgan fingerprint density at radius 2 is 1.95 bits per heavy atom. The van der Waals surface area contributed by atoms with Crippen LogP contribution in [-0.2, 0) is 26.8 Å². The molecule has 3 heterocycles. The first-order valence-electron chi connectivity index (χ1n) is 13.2. The van der Waals surface area contributed by atoms with Gasteiger partial charge in [0.05, 0.1) is 26.2 Å². The van der Waals surface area contributed by atoms with Crippen molar-refractivity contribution < 1.29 is 17.6 Å². The third-order valence-corrected chi connectivity index (χ3v) is 11.4. The van der Waals surface area contributed by atoms with Crippen molar-refractivity contribution in [2.45, 2.75) is 70.3 Å². The van der Waals surface area contributed by atoms with Crippen LogP contribution >= 0.6 is 22.9 Å². The third-order valence-electron chi connectivity index (χ3n) is 7.66. The van der Waals surface area contributed by atoms with E-state index in [1.54, 1.807) is 13.0 Å². The van der Waals surface area contributed by atoms with Gasteiger partial charge in [0.1, 0.15) is 11.3 Å². The summed E-state index contributed by atoms with van der Waals surface area (Å²) in [5.74, 6) is 1.59. The van der Waals surface area contributed by atoms with Gasteiger partial charge in [0, 0.05) is 25.5 Å². The molecule has 0 bridgehead atoms. The predicted octanol–water partition coefficient (Wildman–Crippen LogP) is 6.10. The first-order chi connectivity index (χ1) is 18.5. The van der Waals surface area contributed by atoms with E-state index in [0.717, 1.165) is 41.2 Å². The van der Waals surface area contributed by atoms with Crippen molar-refractivity contribution in [1.82, 2.24) is 9.29 Å². The van der Waals surface area contributed by atoms with E-state index in [-0.39, 0.29) is 11.7 Å². The summed E-state index contributed by atoms with van der Waals surface area (Å²) in [6.07, 6.45) is 6.12. The van der Waals surface area contributed by atoms with Gasteiger partial charge in [-0.15, -0.1) is 11.3 Å². The topological polar surface area (TPSA) is 119 Å². The van der Waals surface area contributed by atoms with Gasteiger partial charge in [-0.2, -0.15) is 0 Å². The van der Waals surface area contributed by atoms with E-state index in [9.17, 15) is 13.2 Å². The van der Waals surface area contributed by atoms with Crippen LogP contribution in [0.1, 0.15) is 74.4 Å². The van der Waals surface area contributed by atoms with E-state index in [1.165, 1.54) is 23.9 Å². The lowest BCUT2D eigenvalue weighted by Crippen LogP contribution is -2.50. The van der Waals surface area contributed by atoms with Crippen molar-refractivity contribution >= 4 is 44.7 Å². The molecule has 1 saturated carbocycles. The Morgan fingerprint density at radius 3 is 2.64 bits per heavy atom. The molecule has 8 nitrogen and oxygen atoms in total. The zero-order valence-corrected chi connectivity index (χ0v) is 24.8. The molecule has 2 N–H and O–H groups in total. The fraction of sp³-hybridized carbons (Fsp3) is 0.464. The van der Waals surface area contributed by atoms with Crippen molar-refractivity contribution in [2.24, 2.45) is 10.7 Å². The number of carbonyl (C=O) groups excluding carboxylic acids is 1. The van der Waals surface area contributed by atoms with Crippen LogP contribution in [0.25, 0.3) is 22.1 Å². The minimum absolute atomic E-state index is 0.0732. The van der Waals surface area contributed by atoms with Crippen LogP contribution in [0.4, 0.5) is 0 Å². The second-order valence-corrected chi connectivity index (χ2v) is 14.0. The molecular formula is C28H33ClN4O4S2. The first-order valence-corrected chi connectivity index (χ1v) is 16.0. The molecule has 1 aromatic carbocycles. The second-order valence-electron chi connectivity index (χ2n) is 10.5. The smallest absolute Gasteiger partial charge is 0.239 e. The van der Waals surface area contributed by atoms with Crippen molar-refractivity contribution in [3.05, 3.63) is 51.5 Å². The summed E-state index contributed by atoms with van der Waals surface area (Å²) in [5, 5.41) is 0.397. The van der Waals surface area contributed by atoms with Gasteiger partial charge in [0.15, 0.2) is 5.76 Å². The number of ketones is 1. The highest BCUT2D eigenvalue weighted by Crippen LogP contribution is 2.45. The number of Topliss-reactive ketones (excluding diaryl/α,β-unsaturated/α-hetero) is 1. The Balaban J connectivity index is 1.43. The van der Waals surface area contributed by atoms with Crippen LogP contribution in [0, 0.1) is 0 Å². The number of benzene rings is 1. The number of carbonyl (C=O) groups is 1. The van der Waals surface area contributed by atoms with Gasteiger partial charge in [-0.1, -0.05) is 49.2 Å². The molecule has 11 heteroatoms. The van der Waals surface area contributed by atoms with E-state index < -0.39 is 15.6 Å². The highest BCUT2D eigenvalue weighted by molar-refractivity contribution is 7.89. The highest BCUT2D eigenvalue weighted by Gasteiger charge is 2.42. The number of rotatable bonds is 5. The average Bonchev–Trinajstić information content (AvgIpc) is 3.49. The van der Waals surface area contributed by atoms with Crippen LogP contribution in [0.5, 0.6) is 0 Å². The predicted molar refractivity (Wildman–Crippen MR) is 156 cm³/mol. The summed E-state index contributed by atoms with van der Waals surface area (Å²) in [6.45, 7) is 3.75. The largest absolute Gasteiger partial charge is 0.435 e. The molecule has 0 amide bonds. The number of hydrogen-bond acceptors (Lipinski definition) is 8. The minimum Gasteiger partial charge on any atom is -0.435 e. The van der Waals surface area contributed by atoms with E-state index in [2.05, 4.69) is 29.3 Å². The molecule has 5 rings (SSSR count). The number of thiophene rings is 1. The number of hydrogen-bond donors (Lipinski definition) is 1. The van der Waals surface area contributed by atoms with Gasteiger partial charge < -0.3 is 10.2 Å². The number of oxazole rings is 1. The number of nitrogens with zero attached hydrogens (tertiary/aromatic N) is 3. The van der Waals surface area contributed by atoms with Crippen molar-refractivity contribution in [3.63, 3.8) is 0 Å². The number of aliphatic imine (C=N–C) groups is 1. The standard InChI is InChI=1S/C28H33ClN4O4S2/c1-4-22-24(19-11-9-18(10-12-19)17-7-5-6-8-20(34)14-13-17)37-26(31-22)23-15-21(29)25(38-23)28(2)16-39(35,36)33(3)27(30)32-28/h9-12,15,17H,4-8,13-14,16H2,1-3H3,(H2,30,32). The Labute approximate surface area is 238 Å². The fourth-order valence-electron chi connectivity index (χ4n) is 5.39. The summed E-state index contributed by atoms with van der Waals surface area (Å²) >= 11 is 7.93. The Bertz CT molecular complexity index is 1530. The van der Waals surface area contributed by atoms with E-state index in [0.29, 0.717) is 57.4 Å². The lowest BCUT2D eigenvalue weighted by Gasteiger charge is -2.33. The van der Waals surface area contributed by atoms with Crippen LogP contribution in [0.2, 0.25) is 5.02 Å². The van der Waals surface area contributed by atoms with Crippen molar-refractivity contribution in [3.8, 4) is 22.1 Å². The molecule has 1 fully saturated rings. The molecule has 1 aliphatic heterocycles. The Kier molecular flexibility index (Phi) is 7.65. The SMILES string of the molecule is CCc1nc(-c2cc(Cl)c(C3(C)CS(=O)(=O)N(C)C(N)=N3)s2)oc1-c1ccc(C2CCCCC(=O)CC2)cc1. The molecule has 2 unspecified atom stereocenters. The van der Waals surface area contributed by atoms with Crippen LogP contribution in [-0.4, -0.2) is 42.3 Å². The van der Waals surface area contributed by atoms with Gasteiger partial charge in [0.2, 0.25) is 21.9 Å². The average molecular weight is 589 g/mol. The number of halogens is 1. The minimum atomic E-state index is -3.63. The third kappa shape index (κ3) is 5.51. The van der Waals surface area contributed by atoms with E-state index in [1.807, 2.05) is 6.92 Å². The van der Waals surface area contributed by atoms with E-state index >= 15 is 0 Å². The lowest BCUT2D eigenvalue weighted by molar-refractivity contribution is -0.119. The lowest BCUT2D eigenvalue weighted by atomic mass is 9.85. The molecular weight excluding hydrogens is 556 g/mol. The van der Waals surface area contributed by atoms with Gasteiger partial charge in [0.25, 0.3) is 0 Å². The summed E-state index contributed by atoms with van der Waals surface area (Å²) in [7, 11) is -2.24. The summed E-state index contributed by atoms with van der Waals surface area (Å²) in [6, 6.07) is 10.1. The van der Waals surface area contributed by atoms with Gasteiger partial charge in [-0.25, -0.2) is 22.7 Å². The van der Waals surface area contributed by atoms with Crippen LogP contribution in [0.3, 0.4) is 0 Å². The molecule has 208 valence electrons. The fourth-order valence-corrected chi connectivity index (χ4v) is 8.48. The number of sulfonamides is 1. The Morgan fingerprint density at radius 1 is 1.21 bits per heavy atom. The molecule has 2 aliphatic rings. The molecule has 0 spiro atoms. The monoisotopic (exact) mass is 588 g/mol. The maximum Gasteiger partial charge on any atom is 0.239 e. The van der Waals surface area contributed by atoms with Crippen molar-refractivity contribution in [2.75, 3.05) is 12.8 Å². The summed E-state index contributed by atoms with van der Waals surface area (Å²) in [4.78, 5) is 22.5. The normalized spacial score (nSPS) is 23.8. The molecule has 2 aromatic heterocycles. The summed E-state index contributed by atoms with van der Waals surface area (Å²) < 4.78 is 32.6. The van der Waals surface area contributed by atoms with Gasteiger partial charge in [-0.3, -0.25) is 4.79 Å². The number of guanidine groups is 1. The molecule has 1 aliphatic carbocycles. The molecule has 0 saturated heterocycles. The van der Waals surface area contributed by atoms with Gasteiger partial charge in [-0.05, 0) is 50.2 Å². The quantitative estimate of drug-likeness (QED) is 0.385. The maximum atomic E-state index is 12.7. The summed E-state index contributed by atoms with van der Waals surface area (Å²) in [5.41, 5.74) is 7.83. The van der Waals surface area contributed by atoms with Crippen molar-refractivity contribution in [1.29, 1.82) is 0 Å². The van der Waals surface area contributed by atoms with Crippen LogP contribution in [0.15, 0.2) is 39.7 Å². The molecule has 3 aromatic rings.